The molecule has 0 aliphatic carbocycles. The summed E-state index contributed by atoms with van der Waals surface area (Å²) in [6.07, 6.45) is 1.80. The molecule has 1 amide bonds. The van der Waals surface area contributed by atoms with Crippen LogP contribution in [0.25, 0.3) is 0 Å². The number of hydrogen-bond donors (Lipinski definition) is 1. The number of amides is 1. The van der Waals surface area contributed by atoms with Gasteiger partial charge in [0.2, 0.25) is 0 Å². The van der Waals surface area contributed by atoms with Gasteiger partial charge in [-0.3, -0.25) is 4.79 Å². The second-order valence-corrected chi connectivity index (χ2v) is 5.63. The van der Waals surface area contributed by atoms with Gasteiger partial charge in [0, 0.05) is 25.1 Å². The van der Waals surface area contributed by atoms with Crippen LogP contribution in [0.2, 0.25) is 0 Å². The van der Waals surface area contributed by atoms with E-state index in [4.69, 9.17) is 4.74 Å². The van der Waals surface area contributed by atoms with E-state index in [0.29, 0.717) is 11.3 Å². The van der Waals surface area contributed by atoms with Crippen molar-refractivity contribution < 1.29 is 14.6 Å². The highest BCUT2D eigenvalue weighted by molar-refractivity contribution is 5.98. The van der Waals surface area contributed by atoms with Crippen LogP contribution in [0.3, 0.4) is 0 Å². The molecular weight excluding hydrogens is 230 g/mol. The Bertz CT molecular complexity index is 518. The molecule has 2 heterocycles. The highest BCUT2D eigenvalue weighted by Crippen LogP contribution is 2.43. The van der Waals surface area contributed by atoms with Crippen molar-refractivity contribution >= 4 is 5.91 Å². The van der Waals surface area contributed by atoms with Gasteiger partial charge in [-0.15, -0.1) is 0 Å². The molecule has 1 saturated heterocycles. The van der Waals surface area contributed by atoms with Crippen molar-refractivity contribution in [3.8, 4) is 11.5 Å². The summed E-state index contributed by atoms with van der Waals surface area (Å²) in [5, 5.41) is 10.2. The van der Waals surface area contributed by atoms with Crippen LogP contribution in [0, 0.1) is 0 Å². The van der Waals surface area contributed by atoms with Gasteiger partial charge in [0.25, 0.3) is 5.91 Å². The lowest BCUT2D eigenvalue weighted by atomic mass is 10.00. The minimum absolute atomic E-state index is 0.00465. The van der Waals surface area contributed by atoms with Gasteiger partial charge in [-0.1, -0.05) is 6.07 Å². The fourth-order valence-corrected chi connectivity index (χ4v) is 2.50. The summed E-state index contributed by atoms with van der Waals surface area (Å²) >= 11 is 0. The number of rotatable bonds is 1. The second kappa shape index (κ2) is 3.64. The van der Waals surface area contributed by atoms with Gasteiger partial charge in [-0.2, -0.15) is 0 Å². The zero-order chi connectivity index (χ0) is 12.9. The number of likely N-dealkylation sites (tertiary alicyclic amines) is 1. The number of fused-ring (bicyclic) bond motifs is 1. The number of phenols is 1. The third kappa shape index (κ3) is 1.64. The summed E-state index contributed by atoms with van der Waals surface area (Å²) in [5.74, 6) is 0.371. The van der Waals surface area contributed by atoms with Gasteiger partial charge in [-0.25, -0.2) is 0 Å². The minimum atomic E-state index is -0.307. The Kier molecular flexibility index (Phi) is 2.30. The highest BCUT2D eigenvalue weighted by Gasteiger charge is 2.35. The largest absolute Gasteiger partial charge is 0.504 e. The van der Waals surface area contributed by atoms with Crippen molar-refractivity contribution in [1.82, 2.24) is 4.90 Å². The Morgan fingerprint density at radius 3 is 2.72 bits per heavy atom. The van der Waals surface area contributed by atoms with Crippen LogP contribution >= 0.6 is 0 Å². The van der Waals surface area contributed by atoms with Crippen LogP contribution in [-0.2, 0) is 6.42 Å². The lowest BCUT2D eigenvalue weighted by Crippen LogP contribution is -2.42. The third-order valence-electron chi connectivity index (χ3n) is 3.58. The Morgan fingerprint density at radius 2 is 2.11 bits per heavy atom. The van der Waals surface area contributed by atoms with E-state index in [1.165, 1.54) is 0 Å². The molecule has 0 spiro atoms. The van der Waals surface area contributed by atoms with Crippen LogP contribution in [0.4, 0.5) is 0 Å². The molecule has 4 nitrogen and oxygen atoms in total. The molecule has 4 heteroatoms. The molecule has 0 unspecified atom stereocenters. The SMILES string of the molecule is CC1(C)Cc2ccc(C(=O)N3CCC3)c(O)c2O1. The quantitative estimate of drug-likeness (QED) is 0.825. The van der Waals surface area contributed by atoms with E-state index in [1.54, 1.807) is 11.0 Å². The van der Waals surface area contributed by atoms with Gasteiger partial charge in [0.05, 0.1) is 5.56 Å². The smallest absolute Gasteiger partial charge is 0.257 e. The molecule has 0 radical (unpaired) electrons. The second-order valence-electron chi connectivity index (χ2n) is 5.63. The molecule has 1 fully saturated rings. The van der Waals surface area contributed by atoms with Crippen LogP contribution in [0.1, 0.15) is 36.2 Å². The zero-order valence-electron chi connectivity index (χ0n) is 10.7. The molecule has 0 aromatic heterocycles. The molecule has 1 aromatic carbocycles. The lowest BCUT2D eigenvalue weighted by Gasteiger charge is -2.31. The monoisotopic (exact) mass is 247 g/mol. The van der Waals surface area contributed by atoms with E-state index in [9.17, 15) is 9.90 Å². The fraction of sp³-hybridized carbons (Fsp3) is 0.500. The Hall–Kier alpha value is -1.71. The number of carbonyl (C=O) groups is 1. The van der Waals surface area contributed by atoms with Crippen molar-refractivity contribution in [2.45, 2.75) is 32.3 Å². The number of carbonyl (C=O) groups excluding carboxylic acids is 1. The van der Waals surface area contributed by atoms with Crippen molar-refractivity contribution in [3.63, 3.8) is 0 Å². The molecular formula is C14H17NO3. The normalized spacial score (nSPS) is 20.0. The van der Waals surface area contributed by atoms with Crippen molar-refractivity contribution in [2.75, 3.05) is 13.1 Å². The molecule has 0 atom stereocenters. The van der Waals surface area contributed by atoms with E-state index in [0.717, 1.165) is 31.5 Å². The van der Waals surface area contributed by atoms with Crippen LogP contribution in [0.5, 0.6) is 11.5 Å². The van der Waals surface area contributed by atoms with E-state index in [-0.39, 0.29) is 17.3 Å². The zero-order valence-corrected chi connectivity index (χ0v) is 10.7. The summed E-state index contributed by atoms with van der Waals surface area (Å²) in [4.78, 5) is 13.9. The minimum Gasteiger partial charge on any atom is -0.504 e. The van der Waals surface area contributed by atoms with Gasteiger partial charge in [-0.05, 0) is 26.3 Å². The van der Waals surface area contributed by atoms with Crippen molar-refractivity contribution in [2.24, 2.45) is 0 Å². The van der Waals surface area contributed by atoms with Gasteiger partial charge < -0.3 is 14.7 Å². The first-order chi connectivity index (χ1) is 8.48. The summed E-state index contributed by atoms with van der Waals surface area (Å²) in [7, 11) is 0. The van der Waals surface area contributed by atoms with Crippen molar-refractivity contribution in [1.29, 1.82) is 0 Å². The molecule has 2 aliphatic rings. The van der Waals surface area contributed by atoms with E-state index in [2.05, 4.69) is 0 Å². The van der Waals surface area contributed by atoms with E-state index < -0.39 is 0 Å². The first-order valence-electron chi connectivity index (χ1n) is 6.31. The molecule has 96 valence electrons. The van der Waals surface area contributed by atoms with Gasteiger partial charge >= 0.3 is 0 Å². The molecule has 2 aliphatic heterocycles. The van der Waals surface area contributed by atoms with Crippen LogP contribution in [-0.4, -0.2) is 34.6 Å². The highest BCUT2D eigenvalue weighted by atomic mass is 16.5. The van der Waals surface area contributed by atoms with Crippen LogP contribution < -0.4 is 4.74 Å². The molecule has 3 rings (SSSR count). The van der Waals surface area contributed by atoms with Gasteiger partial charge in [0.15, 0.2) is 11.5 Å². The number of nitrogens with zero attached hydrogens (tertiary/aromatic N) is 1. The van der Waals surface area contributed by atoms with E-state index >= 15 is 0 Å². The molecule has 0 bridgehead atoms. The first-order valence-corrected chi connectivity index (χ1v) is 6.31. The Labute approximate surface area is 106 Å². The Morgan fingerprint density at radius 1 is 1.39 bits per heavy atom. The third-order valence-corrected chi connectivity index (χ3v) is 3.58. The molecule has 0 saturated carbocycles. The number of hydrogen-bond acceptors (Lipinski definition) is 3. The lowest BCUT2D eigenvalue weighted by molar-refractivity contribution is 0.0646. The summed E-state index contributed by atoms with van der Waals surface area (Å²) in [5.41, 5.74) is 1.02. The molecule has 1 N–H and O–H groups in total. The number of benzene rings is 1. The van der Waals surface area contributed by atoms with E-state index in [1.807, 2.05) is 19.9 Å². The fourth-order valence-electron chi connectivity index (χ4n) is 2.50. The average Bonchev–Trinajstić information content (AvgIpc) is 2.51. The predicted molar refractivity (Wildman–Crippen MR) is 67.0 cm³/mol. The number of aromatic hydroxyl groups is 1. The molecule has 1 aromatic rings. The maximum Gasteiger partial charge on any atom is 0.257 e. The standard InChI is InChI=1S/C14H17NO3/c1-14(2)8-9-4-5-10(11(16)12(9)18-14)13(17)15-6-3-7-15/h4-5,16H,3,6-8H2,1-2H3. The van der Waals surface area contributed by atoms with Gasteiger partial charge in [0.1, 0.15) is 5.60 Å². The topological polar surface area (TPSA) is 49.8 Å². The summed E-state index contributed by atoms with van der Waals surface area (Å²) < 4.78 is 5.73. The molecule has 18 heavy (non-hydrogen) atoms. The van der Waals surface area contributed by atoms with Crippen LogP contribution in [0.15, 0.2) is 12.1 Å². The average molecular weight is 247 g/mol. The first kappa shape index (κ1) is 11.4. The summed E-state index contributed by atoms with van der Waals surface area (Å²) in [6.45, 7) is 5.51. The number of phenolic OH excluding ortho intramolecular Hbond substituents is 1. The maximum absolute atomic E-state index is 12.1. The Balaban J connectivity index is 1.97. The predicted octanol–water partition coefficient (Wildman–Crippen LogP) is 1.95. The number of ether oxygens (including phenoxy) is 1. The summed E-state index contributed by atoms with van der Waals surface area (Å²) in [6, 6.07) is 3.59. The maximum atomic E-state index is 12.1. The van der Waals surface area contributed by atoms with Crippen molar-refractivity contribution in [3.05, 3.63) is 23.3 Å².